The van der Waals surface area contributed by atoms with Crippen LogP contribution >= 0.6 is 0 Å². The molecule has 2 aromatic carbocycles. The molecule has 166 valence electrons. The van der Waals surface area contributed by atoms with Gasteiger partial charge in [-0.3, -0.25) is 9.69 Å². The minimum absolute atomic E-state index is 0.0726. The average Bonchev–Trinajstić information content (AvgIpc) is 3.15. The average molecular weight is 450 g/mol. The number of carbonyl (C=O) groups excluding carboxylic acids is 1. The van der Waals surface area contributed by atoms with E-state index in [4.69, 9.17) is 0 Å². The highest BCUT2D eigenvalue weighted by Gasteiger charge is 2.39. The van der Waals surface area contributed by atoms with Crippen molar-refractivity contribution >= 4 is 15.9 Å². The highest BCUT2D eigenvalue weighted by Crippen LogP contribution is 2.24. The predicted molar refractivity (Wildman–Crippen MR) is 112 cm³/mol. The van der Waals surface area contributed by atoms with Gasteiger partial charge >= 0.3 is 0 Å². The van der Waals surface area contributed by atoms with Gasteiger partial charge in [0.05, 0.1) is 6.04 Å². The van der Waals surface area contributed by atoms with Crippen molar-refractivity contribution in [3.63, 3.8) is 0 Å². The molecule has 9 heteroatoms. The second-order valence-corrected chi connectivity index (χ2v) is 9.79. The Morgan fingerprint density at radius 3 is 2.35 bits per heavy atom. The lowest BCUT2D eigenvalue weighted by Gasteiger charge is -2.36. The third-order valence-electron chi connectivity index (χ3n) is 6.01. The third kappa shape index (κ3) is 4.63. The summed E-state index contributed by atoms with van der Waals surface area (Å²) >= 11 is 0. The zero-order chi connectivity index (χ0) is 22.0. The molecule has 2 heterocycles. The molecule has 2 aliphatic heterocycles. The Balaban J connectivity index is 1.34. The van der Waals surface area contributed by atoms with Crippen molar-refractivity contribution in [3.05, 3.63) is 65.7 Å². The minimum atomic E-state index is -4.13. The summed E-state index contributed by atoms with van der Waals surface area (Å²) in [6.07, 6.45) is 1.50. The number of likely N-dealkylation sites (tertiary alicyclic amines) is 1. The van der Waals surface area contributed by atoms with Crippen LogP contribution in [0.25, 0.3) is 0 Å². The Hall–Kier alpha value is -2.36. The van der Waals surface area contributed by atoms with Crippen molar-refractivity contribution in [2.45, 2.75) is 23.8 Å². The van der Waals surface area contributed by atoms with Crippen LogP contribution in [-0.4, -0.2) is 73.7 Å². The molecule has 1 amide bonds. The monoisotopic (exact) mass is 449 g/mol. The van der Waals surface area contributed by atoms with Crippen LogP contribution in [0.3, 0.4) is 0 Å². The van der Waals surface area contributed by atoms with Crippen molar-refractivity contribution in [1.29, 1.82) is 0 Å². The van der Waals surface area contributed by atoms with Gasteiger partial charge in [0.2, 0.25) is 15.9 Å². The van der Waals surface area contributed by atoms with E-state index < -0.39 is 26.6 Å². The van der Waals surface area contributed by atoms with Crippen molar-refractivity contribution in [3.8, 4) is 0 Å². The van der Waals surface area contributed by atoms with Crippen LogP contribution in [0.2, 0.25) is 0 Å². The number of sulfonamides is 1. The minimum Gasteiger partial charge on any atom is -0.341 e. The molecule has 1 atom stereocenters. The maximum absolute atomic E-state index is 14.0. The van der Waals surface area contributed by atoms with E-state index in [2.05, 4.69) is 0 Å². The second kappa shape index (κ2) is 9.02. The van der Waals surface area contributed by atoms with E-state index in [1.807, 2.05) is 40.1 Å². The Morgan fingerprint density at radius 2 is 1.65 bits per heavy atom. The zero-order valence-corrected chi connectivity index (χ0v) is 17.9. The van der Waals surface area contributed by atoms with Crippen LogP contribution in [0.5, 0.6) is 0 Å². The number of hydrogen-bond donors (Lipinski definition) is 0. The van der Waals surface area contributed by atoms with Crippen molar-refractivity contribution < 1.29 is 22.0 Å². The first-order valence-electron chi connectivity index (χ1n) is 10.4. The number of piperazine rings is 1. The Morgan fingerprint density at radius 1 is 0.935 bits per heavy atom. The molecule has 0 N–H and O–H groups in total. The number of rotatable bonds is 6. The second-order valence-electron chi connectivity index (χ2n) is 7.88. The summed E-state index contributed by atoms with van der Waals surface area (Å²) in [6.45, 7) is 2.35. The van der Waals surface area contributed by atoms with Gasteiger partial charge in [-0.25, -0.2) is 17.2 Å². The SMILES string of the molecule is O=C1C(N2CCN(S(=O)(=O)c3cc(F)ccc3F)CC2)CCN1CCc1ccccc1. The van der Waals surface area contributed by atoms with Gasteiger partial charge in [-0.15, -0.1) is 0 Å². The summed E-state index contributed by atoms with van der Waals surface area (Å²) < 4.78 is 54.1. The van der Waals surface area contributed by atoms with Gasteiger partial charge in [0, 0.05) is 39.3 Å². The van der Waals surface area contributed by atoms with E-state index in [1.54, 1.807) is 0 Å². The fourth-order valence-electron chi connectivity index (χ4n) is 4.26. The molecule has 0 radical (unpaired) electrons. The molecular formula is C22H25F2N3O3S. The summed E-state index contributed by atoms with van der Waals surface area (Å²) in [7, 11) is -4.13. The van der Waals surface area contributed by atoms with Crippen LogP contribution < -0.4 is 0 Å². The Labute approximate surface area is 181 Å². The molecule has 0 aliphatic carbocycles. The first-order valence-corrected chi connectivity index (χ1v) is 11.8. The van der Waals surface area contributed by atoms with Crippen LogP contribution in [-0.2, 0) is 21.2 Å². The Bertz CT molecular complexity index is 1040. The summed E-state index contributed by atoms with van der Waals surface area (Å²) in [5, 5.41) is 0. The van der Waals surface area contributed by atoms with Gasteiger partial charge in [-0.05, 0) is 36.6 Å². The smallest absolute Gasteiger partial charge is 0.246 e. The fourth-order valence-corrected chi connectivity index (χ4v) is 5.76. The van der Waals surface area contributed by atoms with Crippen molar-refractivity contribution in [2.75, 3.05) is 39.3 Å². The Kier molecular flexibility index (Phi) is 6.36. The quantitative estimate of drug-likeness (QED) is 0.678. The molecule has 2 aromatic rings. The summed E-state index contributed by atoms with van der Waals surface area (Å²) in [5.41, 5.74) is 1.18. The molecule has 1 unspecified atom stereocenters. The standard InChI is InChI=1S/C22H25F2N3O3S/c23-18-6-7-19(24)21(16-18)31(29,30)27-14-12-25(13-15-27)20-9-11-26(22(20)28)10-8-17-4-2-1-3-5-17/h1-7,16,20H,8-15H2. The van der Waals surface area contributed by atoms with Gasteiger partial charge in [0.1, 0.15) is 16.5 Å². The lowest BCUT2D eigenvalue weighted by atomic mass is 10.1. The molecule has 4 rings (SSSR count). The molecule has 6 nitrogen and oxygen atoms in total. The topological polar surface area (TPSA) is 60.9 Å². The molecule has 0 aromatic heterocycles. The first-order chi connectivity index (χ1) is 14.9. The number of halogens is 2. The van der Waals surface area contributed by atoms with E-state index in [1.165, 1.54) is 5.56 Å². The largest absolute Gasteiger partial charge is 0.341 e. The first kappa shape index (κ1) is 21.9. The van der Waals surface area contributed by atoms with Gasteiger partial charge in [-0.1, -0.05) is 30.3 Å². The van der Waals surface area contributed by atoms with E-state index >= 15 is 0 Å². The normalized spacial score (nSPS) is 21.0. The zero-order valence-electron chi connectivity index (χ0n) is 17.1. The molecule has 0 bridgehead atoms. The van der Waals surface area contributed by atoms with Crippen LogP contribution in [0.4, 0.5) is 8.78 Å². The van der Waals surface area contributed by atoms with E-state index in [9.17, 15) is 22.0 Å². The summed E-state index contributed by atoms with van der Waals surface area (Å²) in [5.74, 6) is -1.70. The molecule has 2 saturated heterocycles. The number of benzene rings is 2. The number of amides is 1. The van der Waals surface area contributed by atoms with Gasteiger partial charge in [0.15, 0.2) is 0 Å². The van der Waals surface area contributed by atoms with Crippen LogP contribution in [0, 0.1) is 11.6 Å². The maximum atomic E-state index is 14.0. The van der Waals surface area contributed by atoms with Gasteiger partial charge < -0.3 is 4.90 Å². The lowest BCUT2D eigenvalue weighted by Crippen LogP contribution is -2.53. The highest BCUT2D eigenvalue weighted by molar-refractivity contribution is 7.89. The number of carbonyl (C=O) groups is 1. The number of hydrogen-bond acceptors (Lipinski definition) is 4. The van der Waals surface area contributed by atoms with E-state index in [-0.39, 0.29) is 25.0 Å². The van der Waals surface area contributed by atoms with Crippen LogP contribution in [0.1, 0.15) is 12.0 Å². The predicted octanol–water partition coefficient (Wildman–Crippen LogP) is 2.11. The number of nitrogens with zero attached hydrogens (tertiary/aromatic N) is 3. The maximum Gasteiger partial charge on any atom is 0.246 e. The molecule has 0 spiro atoms. The van der Waals surface area contributed by atoms with Gasteiger partial charge in [0.25, 0.3) is 0 Å². The third-order valence-corrected chi connectivity index (χ3v) is 7.92. The summed E-state index contributed by atoms with van der Waals surface area (Å²) in [4.78, 5) is 16.1. The molecular weight excluding hydrogens is 424 g/mol. The van der Waals surface area contributed by atoms with Crippen molar-refractivity contribution in [1.82, 2.24) is 14.1 Å². The van der Waals surface area contributed by atoms with Crippen molar-refractivity contribution in [2.24, 2.45) is 0 Å². The van der Waals surface area contributed by atoms with E-state index in [0.29, 0.717) is 38.7 Å². The molecule has 2 aliphatic rings. The molecule has 31 heavy (non-hydrogen) atoms. The highest BCUT2D eigenvalue weighted by atomic mass is 32.2. The lowest BCUT2D eigenvalue weighted by molar-refractivity contribution is -0.132. The van der Waals surface area contributed by atoms with Gasteiger partial charge in [-0.2, -0.15) is 4.31 Å². The van der Waals surface area contributed by atoms with Crippen LogP contribution in [0.15, 0.2) is 53.4 Å². The van der Waals surface area contributed by atoms with E-state index in [0.717, 1.165) is 22.9 Å². The summed E-state index contributed by atoms with van der Waals surface area (Å²) in [6, 6.07) is 12.2. The molecule has 0 saturated carbocycles. The molecule has 2 fully saturated rings. The fraction of sp³-hybridized carbons (Fsp3) is 0.409.